The van der Waals surface area contributed by atoms with Gasteiger partial charge in [-0.05, 0) is 62.9 Å². The van der Waals surface area contributed by atoms with Crippen LogP contribution in [-0.2, 0) is 10.9 Å². The Labute approximate surface area is 246 Å². The van der Waals surface area contributed by atoms with Crippen LogP contribution in [0.4, 0.5) is 33.2 Å². The number of hydrogen-bond donors (Lipinski definition) is 3. The van der Waals surface area contributed by atoms with Crippen LogP contribution >= 0.6 is 11.3 Å². The van der Waals surface area contributed by atoms with E-state index in [1.807, 2.05) is 11.0 Å². The van der Waals surface area contributed by atoms with Crippen molar-refractivity contribution in [3.63, 3.8) is 0 Å². The predicted molar refractivity (Wildman–Crippen MR) is 155 cm³/mol. The molecule has 9 nitrogen and oxygen atoms in total. The molecule has 2 fully saturated rings. The second-order valence-electron chi connectivity index (χ2n) is 11.7. The maximum absolute atomic E-state index is 15.1. The maximum atomic E-state index is 15.1. The van der Waals surface area contributed by atoms with Crippen LogP contribution < -0.4 is 21.2 Å². The van der Waals surface area contributed by atoms with Crippen molar-refractivity contribution in [2.24, 2.45) is 0 Å². The number of aromatic nitrogens is 2. The van der Waals surface area contributed by atoms with Crippen molar-refractivity contribution in [1.29, 1.82) is 5.26 Å². The van der Waals surface area contributed by atoms with Crippen LogP contribution in [0.2, 0.25) is 0 Å². The highest BCUT2D eigenvalue weighted by molar-refractivity contribution is 7.23. The first-order valence-electron chi connectivity index (χ1n) is 13.5. The lowest BCUT2D eigenvalue weighted by Crippen LogP contribution is -2.51. The number of H-pyrrole nitrogens is 1. The number of alkyl halides is 3. The molecule has 14 heteroatoms. The van der Waals surface area contributed by atoms with Gasteiger partial charge in [-0.25, -0.2) is 14.0 Å². The largest absolute Gasteiger partial charge is 0.444 e. The molecular formula is C29H26F4N6O3S. The van der Waals surface area contributed by atoms with E-state index >= 15 is 4.39 Å². The first-order chi connectivity index (χ1) is 20.2. The normalized spacial score (nSPS) is 18.7. The highest BCUT2D eigenvalue weighted by Gasteiger charge is 2.37. The monoisotopic (exact) mass is 614 g/mol. The van der Waals surface area contributed by atoms with Gasteiger partial charge in [0.05, 0.1) is 21.3 Å². The zero-order valence-electron chi connectivity index (χ0n) is 23.3. The Morgan fingerprint density at radius 3 is 2.49 bits per heavy atom. The van der Waals surface area contributed by atoms with E-state index < -0.39 is 34.9 Å². The van der Waals surface area contributed by atoms with Crippen LogP contribution in [-0.4, -0.2) is 46.8 Å². The number of nitrogens with zero attached hydrogens (tertiary/aromatic N) is 3. The van der Waals surface area contributed by atoms with Gasteiger partial charge in [0.1, 0.15) is 28.3 Å². The summed E-state index contributed by atoms with van der Waals surface area (Å²) >= 11 is 0.714. The van der Waals surface area contributed by atoms with E-state index in [2.05, 4.69) is 20.6 Å². The molecule has 6 rings (SSSR count). The average molecular weight is 615 g/mol. The topological polar surface area (TPSA) is 123 Å². The van der Waals surface area contributed by atoms with Crippen molar-refractivity contribution in [1.82, 2.24) is 15.3 Å². The summed E-state index contributed by atoms with van der Waals surface area (Å²) in [5.74, 6) is -0.615. The standard InChI is InChI=1S/C29H26F4N6O3S/c1-28(2,3)42-27(41)38-25-18(10-34)22-15(6-7-20(30)23(22)43-25)16-9-21-17(8-19(16)29(31,32)33)24(37-26(40)36-21)39-11-13-4-5-14(12-39)35-13/h6-9,13-14,35H,4-5,11-12H2,1-3H3,(H,38,41)(H,36,37,40). The molecule has 0 spiro atoms. The highest BCUT2D eigenvalue weighted by atomic mass is 32.1. The quantitative estimate of drug-likeness (QED) is 0.238. The molecule has 2 aromatic carbocycles. The molecule has 2 aliphatic rings. The minimum absolute atomic E-state index is 0.0688. The Morgan fingerprint density at radius 1 is 1.16 bits per heavy atom. The Hall–Kier alpha value is -4.22. The molecule has 224 valence electrons. The number of amides is 1. The van der Waals surface area contributed by atoms with Crippen LogP contribution in [0.5, 0.6) is 0 Å². The van der Waals surface area contributed by atoms with E-state index in [0.717, 1.165) is 31.0 Å². The summed E-state index contributed by atoms with van der Waals surface area (Å²) in [6.07, 6.45) is -3.92. The molecule has 2 aliphatic heterocycles. The van der Waals surface area contributed by atoms with Gasteiger partial charge in [-0.2, -0.15) is 23.4 Å². The van der Waals surface area contributed by atoms with Crippen molar-refractivity contribution in [2.45, 2.75) is 57.5 Å². The smallest absolute Gasteiger partial charge is 0.417 e. The first-order valence-corrected chi connectivity index (χ1v) is 14.3. The van der Waals surface area contributed by atoms with Gasteiger partial charge in [-0.15, -0.1) is 11.3 Å². The SMILES string of the molecule is CC(C)(C)OC(=O)Nc1sc2c(F)ccc(-c3cc4[nH]c(=O)nc(N5CC6CCC(C5)N6)c4cc3C(F)(F)F)c2c1C#N. The number of aromatic amines is 1. The Morgan fingerprint density at radius 2 is 1.86 bits per heavy atom. The molecule has 4 heterocycles. The molecule has 2 saturated heterocycles. The summed E-state index contributed by atoms with van der Waals surface area (Å²) in [7, 11) is 0. The molecule has 0 radical (unpaired) electrons. The fourth-order valence-corrected chi connectivity index (χ4v) is 6.91. The number of nitriles is 1. The highest BCUT2D eigenvalue weighted by Crippen LogP contribution is 2.47. The number of fused-ring (bicyclic) bond motifs is 4. The summed E-state index contributed by atoms with van der Waals surface area (Å²) in [6, 6.07) is 6.50. The number of rotatable bonds is 3. The molecule has 4 aromatic rings. The number of ether oxygens (including phenoxy) is 1. The number of hydrogen-bond acceptors (Lipinski definition) is 8. The van der Waals surface area contributed by atoms with E-state index in [1.54, 1.807) is 20.8 Å². The van der Waals surface area contributed by atoms with Crippen molar-refractivity contribution in [2.75, 3.05) is 23.3 Å². The molecule has 2 atom stereocenters. The van der Waals surface area contributed by atoms with Gasteiger partial charge in [0.2, 0.25) is 0 Å². The van der Waals surface area contributed by atoms with E-state index in [9.17, 15) is 28.0 Å². The number of carbonyl (C=O) groups is 1. The molecular weight excluding hydrogens is 588 g/mol. The lowest BCUT2D eigenvalue weighted by atomic mass is 9.93. The van der Waals surface area contributed by atoms with Crippen LogP contribution in [0, 0.1) is 17.1 Å². The van der Waals surface area contributed by atoms with Gasteiger partial charge in [-0.3, -0.25) is 5.32 Å². The lowest BCUT2D eigenvalue weighted by molar-refractivity contribution is -0.137. The lowest BCUT2D eigenvalue weighted by Gasteiger charge is -2.34. The zero-order chi connectivity index (χ0) is 30.8. The minimum Gasteiger partial charge on any atom is -0.444 e. The Kier molecular flexibility index (Phi) is 6.85. The number of nitrogens with one attached hydrogen (secondary N) is 3. The van der Waals surface area contributed by atoms with Gasteiger partial charge in [0, 0.05) is 35.9 Å². The van der Waals surface area contributed by atoms with Crippen molar-refractivity contribution in [3.8, 4) is 17.2 Å². The van der Waals surface area contributed by atoms with Crippen LogP contribution in [0.3, 0.4) is 0 Å². The van der Waals surface area contributed by atoms with Crippen molar-refractivity contribution in [3.05, 3.63) is 51.7 Å². The van der Waals surface area contributed by atoms with Crippen LogP contribution in [0.1, 0.15) is 44.7 Å². The molecule has 0 aliphatic carbocycles. The average Bonchev–Trinajstić information content (AvgIpc) is 3.44. The molecule has 2 bridgehead atoms. The number of halogens is 4. The second-order valence-corrected chi connectivity index (χ2v) is 12.7. The summed E-state index contributed by atoms with van der Waals surface area (Å²) in [5.41, 5.74) is -3.19. The number of benzene rings is 2. The number of anilines is 2. The molecule has 1 amide bonds. The van der Waals surface area contributed by atoms with Gasteiger partial charge >= 0.3 is 18.0 Å². The zero-order valence-corrected chi connectivity index (χ0v) is 24.1. The van der Waals surface area contributed by atoms with Gasteiger partial charge < -0.3 is 19.9 Å². The first kappa shape index (κ1) is 28.9. The van der Waals surface area contributed by atoms with E-state index in [0.29, 0.717) is 24.4 Å². The van der Waals surface area contributed by atoms with Gasteiger partial charge in [-0.1, -0.05) is 6.07 Å². The maximum Gasteiger partial charge on any atom is 0.417 e. The fourth-order valence-electron chi connectivity index (χ4n) is 5.84. The van der Waals surface area contributed by atoms with Crippen molar-refractivity contribution >= 4 is 49.2 Å². The third kappa shape index (κ3) is 5.38. The number of carbonyl (C=O) groups excluding carboxylic acids is 1. The van der Waals surface area contributed by atoms with Crippen LogP contribution in [0.15, 0.2) is 29.1 Å². The van der Waals surface area contributed by atoms with E-state index in [4.69, 9.17) is 4.74 Å². The predicted octanol–water partition coefficient (Wildman–Crippen LogP) is 6.12. The summed E-state index contributed by atoms with van der Waals surface area (Å²) in [6.45, 7) is 5.90. The number of piperazine rings is 1. The summed E-state index contributed by atoms with van der Waals surface area (Å²) in [5, 5.41) is 15.9. The molecule has 2 aromatic heterocycles. The summed E-state index contributed by atoms with van der Waals surface area (Å²) < 4.78 is 64.3. The van der Waals surface area contributed by atoms with Crippen molar-refractivity contribution < 1.29 is 27.1 Å². The molecule has 0 saturated carbocycles. The summed E-state index contributed by atoms with van der Waals surface area (Å²) in [4.78, 5) is 33.6. The molecule has 3 N–H and O–H groups in total. The Bertz CT molecular complexity index is 1880. The third-order valence-corrected chi connectivity index (χ3v) is 8.59. The number of thiophene rings is 1. The van der Waals surface area contributed by atoms with Gasteiger partial charge in [0.15, 0.2) is 0 Å². The second kappa shape index (κ2) is 10.2. The third-order valence-electron chi connectivity index (χ3n) is 7.48. The van der Waals surface area contributed by atoms with Crippen LogP contribution in [0.25, 0.3) is 32.1 Å². The van der Waals surface area contributed by atoms with E-state index in [-0.39, 0.29) is 60.6 Å². The van der Waals surface area contributed by atoms with E-state index in [1.165, 1.54) is 6.07 Å². The fraction of sp³-hybridized carbons (Fsp3) is 0.379. The molecule has 43 heavy (non-hydrogen) atoms. The van der Waals surface area contributed by atoms with Gasteiger partial charge in [0.25, 0.3) is 0 Å². The Balaban J connectivity index is 1.56. The molecule has 2 unspecified atom stereocenters. The minimum atomic E-state index is -4.86.